The van der Waals surface area contributed by atoms with Gasteiger partial charge in [-0.2, -0.15) is 13.2 Å². The number of nitrogens with zero attached hydrogens (tertiary/aromatic N) is 2. The summed E-state index contributed by atoms with van der Waals surface area (Å²) in [4.78, 5) is 17.8. The zero-order valence-electron chi connectivity index (χ0n) is 10.3. The van der Waals surface area contributed by atoms with Gasteiger partial charge in [0.1, 0.15) is 5.69 Å². The maximum absolute atomic E-state index is 12.4. The van der Waals surface area contributed by atoms with Gasteiger partial charge in [0.05, 0.1) is 23.1 Å². The molecule has 2 rings (SSSR count). The van der Waals surface area contributed by atoms with Crippen LogP contribution in [0.1, 0.15) is 16.1 Å². The van der Waals surface area contributed by atoms with Crippen LogP contribution in [-0.4, -0.2) is 21.0 Å². The van der Waals surface area contributed by atoms with E-state index in [4.69, 9.17) is 10.8 Å². The van der Waals surface area contributed by atoms with E-state index in [1.54, 1.807) is 0 Å². The molecule has 0 aromatic carbocycles. The van der Waals surface area contributed by atoms with Gasteiger partial charge >= 0.3 is 12.1 Å². The number of nitrogen functional groups attached to an aromatic ring is 1. The molecular formula is C12H9F3N4O2. The van der Waals surface area contributed by atoms with E-state index < -0.39 is 17.8 Å². The number of alkyl halides is 3. The number of nitrogens with two attached hydrogens (primary N) is 1. The normalized spacial score (nSPS) is 11.2. The SMILES string of the molecule is Nc1cc(C(=O)O)cnc1Nc1ccc(C(F)(F)F)nc1. The number of nitrogens with one attached hydrogen (secondary N) is 1. The molecular weight excluding hydrogens is 289 g/mol. The number of aromatic carboxylic acids is 1. The average molecular weight is 298 g/mol. The Hall–Kier alpha value is -2.84. The molecule has 21 heavy (non-hydrogen) atoms. The van der Waals surface area contributed by atoms with Gasteiger partial charge in [0.2, 0.25) is 0 Å². The molecule has 0 aliphatic carbocycles. The third kappa shape index (κ3) is 3.38. The highest BCUT2D eigenvalue weighted by Crippen LogP contribution is 2.28. The highest BCUT2D eigenvalue weighted by Gasteiger charge is 2.32. The van der Waals surface area contributed by atoms with Crippen LogP contribution in [0.15, 0.2) is 30.6 Å². The first-order valence-corrected chi connectivity index (χ1v) is 5.56. The molecule has 0 aliphatic heterocycles. The Labute approximate surface area is 116 Å². The summed E-state index contributed by atoms with van der Waals surface area (Å²) in [6, 6.07) is 3.17. The quantitative estimate of drug-likeness (QED) is 0.805. The maximum atomic E-state index is 12.4. The first-order valence-electron chi connectivity index (χ1n) is 5.56. The fourth-order valence-corrected chi connectivity index (χ4v) is 1.48. The second-order valence-electron chi connectivity index (χ2n) is 4.02. The van der Waals surface area contributed by atoms with Crippen molar-refractivity contribution in [2.24, 2.45) is 0 Å². The lowest BCUT2D eigenvalue weighted by molar-refractivity contribution is -0.141. The minimum absolute atomic E-state index is 0.0507. The van der Waals surface area contributed by atoms with Gasteiger partial charge in [-0.05, 0) is 18.2 Å². The van der Waals surface area contributed by atoms with Crippen molar-refractivity contribution in [1.29, 1.82) is 0 Å². The molecule has 0 radical (unpaired) electrons. The third-order valence-electron chi connectivity index (χ3n) is 2.48. The molecule has 6 nitrogen and oxygen atoms in total. The number of hydrogen-bond acceptors (Lipinski definition) is 5. The highest BCUT2D eigenvalue weighted by molar-refractivity contribution is 5.89. The Balaban J connectivity index is 2.20. The van der Waals surface area contributed by atoms with Gasteiger partial charge in [-0.3, -0.25) is 0 Å². The second-order valence-corrected chi connectivity index (χ2v) is 4.02. The van der Waals surface area contributed by atoms with Crippen LogP contribution >= 0.6 is 0 Å². The van der Waals surface area contributed by atoms with Gasteiger partial charge in [-0.25, -0.2) is 14.8 Å². The number of carboxylic acids is 1. The van der Waals surface area contributed by atoms with Crippen LogP contribution < -0.4 is 11.1 Å². The second kappa shape index (κ2) is 5.27. The highest BCUT2D eigenvalue weighted by atomic mass is 19.4. The first-order chi connectivity index (χ1) is 9.77. The largest absolute Gasteiger partial charge is 0.478 e. The van der Waals surface area contributed by atoms with Crippen LogP contribution in [0.4, 0.5) is 30.4 Å². The summed E-state index contributed by atoms with van der Waals surface area (Å²) in [5.74, 6) is -1.06. The molecule has 0 aliphatic rings. The zero-order valence-corrected chi connectivity index (χ0v) is 10.3. The van der Waals surface area contributed by atoms with Crippen molar-refractivity contribution < 1.29 is 23.1 Å². The molecule has 0 amide bonds. The standard InChI is InChI=1S/C12H9F3N4O2/c13-12(14,15)9-2-1-7(5-17-9)19-10-8(16)3-6(4-18-10)11(20)21/h1-5H,16H2,(H,18,19)(H,20,21). The molecule has 0 saturated carbocycles. The van der Waals surface area contributed by atoms with E-state index in [-0.39, 0.29) is 22.8 Å². The molecule has 4 N–H and O–H groups in total. The van der Waals surface area contributed by atoms with Gasteiger partial charge in [0.15, 0.2) is 5.82 Å². The number of carbonyl (C=O) groups is 1. The summed E-state index contributed by atoms with van der Waals surface area (Å²) in [5, 5.41) is 11.4. The van der Waals surface area contributed by atoms with Crippen molar-refractivity contribution in [3.05, 3.63) is 41.9 Å². The summed E-state index contributed by atoms with van der Waals surface area (Å²) < 4.78 is 37.1. The Morgan fingerprint density at radius 1 is 1.24 bits per heavy atom. The lowest BCUT2D eigenvalue weighted by Gasteiger charge is -2.10. The smallest absolute Gasteiger partial charge is 0.433 e. The zero-order chi connectivity index (χ0) is 15.6. The van der Waals surface area contributed by atoms with Crippen LogP contribution in [0, 0.1) is 0 Å². The van der Waals surface area contributed by atoms with Gasteiger partial charge < -0.3 is 16.2 Å². The lowest BCUT2D eigenvalue weighted by atomic mass is 10.2. The topological polar surface area (TPSA) is 101 Å². The molecule has 2 aromatic rings. The molecule has 0 unspecified atom stereocenters. The van der Waals surface area contributed by atoms with E-state index >= 15 is 0 Å². The number of halogens is 3. The molecule has 0 fully saturated rings. The Morgan fingerprint density at radius 2 is 1.95 bits per heavy atom. The van der Waals surface area contributed by atoms with Crippen LogP contribution in [-0.2, 0) is 6.18 Å². The monoisotopic (exact) mass is 298 g/mol. The minimum atomic E-state index is -4.51. The predicted octanol–water partition coefficient (Wildman–Crippen LogP) is 2.52. The van der Waals surface area contributed by atoms with E-state index in [1.165, 1.54) is 12.1 Å². The van der Waals surface area contributed by atoms with Gasteiger partial charge in [0.25, 0.3) is 0 Å². The third-order valence-corrected chi connectivity index (χ3v) is 2.48. The number of hydrogen-bond donors (Lipinski definition) is 3. The van der Waals surface area contributed by atoms with Crippen molar-refractivity contribution in [2.45, 2.75) is 6.18 Å². The summed E-state index contributed by atoms with van der Waals surface area (Å²) >= 11 is 0. The summed E-state index contributed by atoms with van der Waals surface area (Å²) in [7, 11) is 0. The van der Waals surface area contributed by atoms with E-state index in [2.05, 4.69) is 15.3 Å². The molecule has 0 spiro atoms. The predicted molar refractivity (Wildman–Crippen MR) is 68.1 cm³/mol. The van der Waals surface area contributed by atoms with Crippen molar-refractivity contribution in [3.63, 3.8) is 0 Å². The summed E-state index contributed by atoms with van der Waals surface area (Å²) in [5.41, 5.74) is 4.80. The average Bonchev–Trinajstić information content (AvgIpc) is 2.40. The van der Waals surface area contributed by atoms with E-state index in [0.29, 0.717) is 0 Å². The van der Waals surface area contributed by atoms with Crippen molar-refractivity contribution in [2.75, 3.05) is 11.1 Å². The van der Waals surface area contributed by atoms with Gasteiger partial charge in [-0.1, -0.05) is 0 Å². The van der Waals surface area contributed by atoms with Crippen molar-refractivity contribution in [3.8, 4) is 0 Å². The first kappa shape index (κ1) is 14.6. The number of carboxylic acid groups (broad SMARTS) is 1. The molecule has 0 bridgehead atoms. The number of anilines is 3. The molecule has 0 saturated heterocycles. The molecule has 110 valence electrons. The number of pyridine rings is 2. The van der Waals surface area contributed by atoms with E-state index in [9.17, 15) is 18.0 Å². The Bertz CT molecular complexity index is 671. The van der Waals surface area contributed by atoms with E-state index in [1.807, 2.05) is 0 Å². The Kier molecular flexibility index (Phi) is 3.66. The minimum Gasteiger partial charge on any atom is -0.478 e. The Morgan fingerprint density at radius 3 is 2.43 bits per heavy atom. The molecule has 0 atom stereocenters. The molecule has 2 aromatic heterocycles. The number of aromatic nitrogens is 2. The summed E-state index contributed by atoms with van der Waals surface area (Å²) in [6.07, 6.45) is -2.45. The van der Waals surface area contributed by atoms with Crippen LogP contribution in [0.25, 0.3) is 0 Å². The van der Waals surface area contributed by atoms with Crippen LogP contribution in [0.2, 0.25) is 0 Å². The van der Waals surface area contributed by atoms with E-state index in [0.717, 1.165) is 18.5 Å². The lowest BCUT2D eigenvalue weighted by Crippen LogP contribution is -2.08. The number of rotatable bonds is 3. The van der Waals surface area contributed by atoms with Crippen molar-refractivity contribution in [1.82, 2.24) is 9.97 Å². The molecule has 9 heteroatoms. The summed E-state index contributed by atoms with van der Waals surface area (Å²) in [6.45, 7) is 0. The fraction of sp³-hybridized carbons (Fsp3) is 0.0833. The fourth-order valence-electron chi connectivity index (χ4n) is 1.48. The maximum Gasteiger partial charge on any atom is 0.433 e. The van der Waals surface area contributed by atoms with Crippen LogP contribution in [0.3, 0.4) is 0 Å². The molecule has 2 heterocycles. The van der Waals surface area contributed by atoms with Crippen molar-refractivity contribution >= 4 is 23.2 Å². The van der Waals surface area contributed by atoms with Gasteiger partial charge in [0, 0.05) is 6.20 Å². The van der Waals surface area contributed by atoms with Gasteiger partial charge in [-0.15, -0.1) is 0 Å². The van der Waals surface area contributed by atoms with Crippen LogP contribution in [0.5, 0.6) is 0 Å².